The van der Waals surface area contributed by atoms with Gasteiger partial charge in [0.2, 0.25) is 0 Å². The van der Waals surface area contributed by atoms with Gasteiger partial charge in [0, 0.05) is 26.4 Å². The van der Waals surface area contributed by atoms with Crippen LogP contribution in [-0.4, -0.2) is 70.1 Å². The van der Waals surface area contributed by atoms with Crippen molar-refractivity contribution in [1.82, 2.24) is 15.5 Å². The van der Waals surface area contributed by atoms with Crippen molar-refractivity contribution in [3.63, 3.8) is 0 Å². The molecular formula is C16H34N4O2S. The standard InChI is InChI=1S/C16H34N4O2S/c1-14-7-11-20(12-8-14)10-6-9-18-15(17-4)19-13-16(2,3)23(5,21)22/h14H,6-13H2,1-5H3,(H2,17,18,19). The average molecular weight is 347 g/mol. The van der Waals surface area contributed by atoms with E-state index in [0.717, 1.165) is 25.4 Å². The van der Waals surface area contributed by atoms with E-state index in [0.29, 0.717) is 12.5 Å². The molecule has 23 heavy (non-hydrogen) atoms. The summed E-state index contributed by atoms with van der Waals surface area (Å²) in [5.74, 6) is 1.53. The second-order valence-electron chi connectivity index (χ2n) is 7.26. The molecule has 136 valence electrons. The Hall–Kier alpha value is -0.820. The topological polar surface area (TPSA) is 73.8 Å². The molecule has 0 amide bonds. The minimum Gasteiger partial charge on any atom is -0.356 e. The molecular weight excluding hydrogens is 312 g/mol. The normalized spacial score (nSPS) is 18.9. The van der Waals surface area contributed by atoms with Crippen LogP contribution in [0.25, 0.3) is 0 Å². The smallest absolute Gasteiger partial charge is 0.191 e. The van der Waals surface area contributed by atoms with Gasteiger partial charge < -0.3 is 15.5 Å². The average Bonchev–Trinajstić information content (AvgIpc) is 2.47. The summed E-state index contributed by atoms with van der Waals surface area (Å²) in [4.78, 5) is 6.67. The summed E-state index contributed by atoms with van der Waals surface area (Å²) in [6.45, 7) is 10.5. The number of sulfone groups is 1. The van der Waals surface area contributed by atoms with Crippen molar-refractivity contribution in [3.8, 4) is 0 Å². The van der Waals surface area contributed by atoms with Crippen LogP contribution in [0.4, 0.5) is 0 Å². The zero-order valence-corrected chi connectivity index (χ0v) is 16.2. The Morgan fingerprint density at radius 2 is 1.87 bits per heavy atom. The maximum Gasteiger partial charge on any atom is 0.191 e. The number of rotatable bonds is 7. The molecule has 1 fully saturated rings. The van der Waals surface area contributed by atoms with E-state index in [2.05, 4.69) is 27.4 Å². The van der Waals surface area contributed by atoms with Crippen LogP contribution in [-0.2, 0) is 9.84 Å². The Labute approximate surface area is 142 Å². The van der Waals surface area contributed by atoms with Gasteiger partial charge in [0.15, 0.2) is 15.8 Å². The first kappa shape index (κ1) is 20.2. The summed E-state index contributed by atoms with van der Waals surface area (Å²) in [6.07, 6.45) is 4.93. The van der Waals surface area contributed by atoms with E-state index < -0.39 is 14.6 Å². The van der Waals surface area contributed by atoms with E-state index >= 15 is 0 Å². The first-order chi connectivity index (χ1) is 10.7. The van der Waals surface area contributed by atoms with E-state index in [1.165, 1.54) is 32.2 Å². The number of nitrogens with one attached hydrogen (secondary N) is 2. The number of likely N-dealkylation sites (tertiary alicyclic amines) is 1. The minimum absolute atomic E-state index is 0.343. The van der Waals surface area contributed by atoms with Gasteiger partial charge in [0.25, 0.3) is 0 Å². The molecule has 1 aliphatic rings. The molecule has 1 heterocycles. The fourth-order valence-corrected chi connectivity index (χ4v) is 2.78. The summed E-state index contributed by atoms with van der Waals surface area (Å²) in [6, 6.07) is 0. The van der Waals surface area contributed by atoms with Crippen molar-refractivity contribution in [2.45, 2.75) is 44.8 Å². The first-order valence-electron chi connectivity index (χ1n) is 8.52. The molecule has 7 heteroatoms. The highest BCUT2D eigenvalue weighted by Crippen LogP contribution is 2.15. The van der Waals surface area contributed by atoms with E-state index in [-0.39, 0.29) is 0 Å². The van der Waals surface area contributed by atoms with Crippen LogP contribution in [0.3, 0.4) is 0 Å². The Morgan fingerprint density at radius 1 is 1.26 bits per heavy atom. The third kappa shape index (κ3) is 7.08. The van der Waals surface area contributed by atoms with Crippen LogP contribution >= 0.6 is 0 Å². The van der Waals surface area contributed by atoms with Crippen LogP contribution in [0.1, 0.15) is 40.0 Å². The van der Waals surface area contributed by atoms with E-state index in [1.54, 1.807) is 20.9 Å². The molecule has 0 aromatic heterocycles. The number of hydrogen-bond donors (Lipinski definition) is 2. The van der Waals surface area contributed by atoms with Gasteiger partial charge in [0.1, 0.15) is 0 Å². The monoisotopic (exact) mass is 346 g/mol. The molecule has 0 spiro atoms. The third-order valence-corrected chi connectivity index (χ3v) is 6.88. The maximum atomic E-state index is 11.7. The Kier molecular flexibility index (Phi) is 7.80. The zero-order valence-electron chi connectivity index (χ0n) is 15.4. The molecule has 1 rings (SSSR count). The van der Waals surface area contributed by atoms with Crippen molar-refractivity contribution >= 4 is 15.8 Å². The van der Waals surface area contributed by atoms with Gasteiger partial charge in [-0.1, -0.05) is 6.92 Å². The van der Waals surface area contributed by atoms with Gasteiger partial charge >= 0.3 is 0 Å². The number of hydrogen-bond acceptors (Lipinski definition) is 4. The molecule has 1 saturated heterocycles. The minimum atomic E-state index is -3.10. The Bertz CT molecular complexity index is 480. The van der Waals surface area contributed by atoms with Crippen molar-refractivity contribution in [2.24, 2.45) is 10.9 Å². The molecule has 0 aromatic carbocycles. The Balaban J connectivity index is 2.24. The summed E-state index contributed by atoms with van der Waals surface area (Å²) >= 11 is 0. The van der Waals surface area contributed by atoms with E-state index in [4.69, 9.17) is 0 Å². The molecule has 6 nitrogen and oxygen atoms in total. The highest BCUT2D eigenvalue weighted by molar-refractivity contribution is 7.92. The third-order valence-electron chi connectivity index (χ3n) is 4.73. The lowest BCUT2D eigenvalue weighted by Gasteiger charge is -2.30. The van der Waals surface area contributed by atoms with Crippen LogP contribution in [0, 0.1) is 5.92 Å². The predicted octanol–water partition coefficient (Wildman–Crippen LogP) is 1.10. The lowest BCUT2D eigenvalue weighted by Crippen LogP contribution is -2.48. The SMILES string of the molecule is CN=C(NCCCN1CCC(C)CC1)NCC(C)(C)S(C)(=O)=O. The lowest BCUT2D eigenvalue weighted by atomic mass is 9.99. The zero-order chi connectivity index (χ0) is 17.5. The number of guanidine groups is 1. The van der Waals surface area contributed by atoms with Crippen LogP contribution in [0.2, 0.25) is 0 Å². The fraction of sp³-hybridized carbons (Fsp3) is 0.938. The highest BCUT2D eigenvalue weighted by atomic mass is 32.2. The molecule has 0 atom stereocenters. The van der Waals surface area contributed by atoms with E-state index in [9.17, 15) is 8.42 Å². The van der Waals surface area contributed by atoms with Crippen molar-refractivity contribution in [2.75, 3.05) is 46.0 Å². The quantitative estimate of drug-likeness (QED) is 0.410. The van der Waals surface area contributed by atoms with Gasteiger partial charge in [-0.15, -0.1) is 0 Å². The van der Waals surface area contributed by atoms with Crippen LogP contribution in [0.5, 0.6) is 0 Å². The maximum absolute atomic E-state index is 11.7. The molecule has 2 N–H and O–H groups in total. The van der Waals surface area contributed by atoms with Crippen molar-refractivity contribution in [3.05, 3.63) is 0 Å². The number of nitrogens with zero attached hydrogens (tertiary/aromatic N) is 2. The van der Waals surface area contributed by atoms with Gasteiger partial charge in [-0.2, -0.15) is 0 Å². The predicted molar refractivity (Wildman–Crippen MR) is 97.7 cm³/mol. The summed E-state index contributed by atoms with van der Waals surface area (Å²) in [5.41, 5.74) is 0. The first-order valence-corrected chi connectivity index (χ1v) is 10.4. The van der Waals surface area contributed by atoms with Crippen molar-refractivity contribution < 1.29 is 8.42 Å². The van der Waals surface area contributed by atoms with Gasteiger partial charge in [-0.25, -0.2) is 8.42 Å². The molecule has 0 bridgehead atoms. The second kappa shape index (κ2) is 8.87. The van der Waals surface area contributed by atoms with Crippen LogP contribution < -0.4 is 10.6 Å². The van der Waals surface area contributed by atoms with Gasteiger partial charge in [0.05, 0.1) is 4.75 Å². The molecule has 0 aromatic rings. The molecule has 0 radical (unpaired) electrons. The molecule has 0 unspecified atom stereocenters. The molecule has 0 saturated carbocycles. The molecule has 1 aliphatic heterocycles. The summed E-state index contributed by atoms with van der Waals surface area (Å²) in [7, 11) is -1.40. The largest absolute Gasteiger partial charge is 0.356 e. The second-order valence-corrected chi connectivity index (χ2v) is 9.91. The van der Waals surface area contributed by atoms with E-state index in [1.807, 2.05) is 0 Å². The number of aliphatic imine (C=N–C) groups is 1. The summed E-state index contributed by atoms with van der Waals surface area (Å²) in [5, 5.41) is 6.37. The van der Waals surface area contributed by atoms with Crippen LogP contribution in [0.15, 0.2) is 4.99 Å². The van der Waals surface area contributed by atoms with Gasteiger partial charge in [-0.05, 0) is 58.7 Å². The summed E-state index contributed by atoms with van der Waals surface area (Å²) < 4.78 is 22.6. The fourth-order valence-electron chi connectivity index (χ4n) is 2.44. The highest BCUT2D eigenvalue weighted by Gasteiger charge is 2.30. The molecule has 0 aliphatic carbocycles. The Morgan fingerprint density at radius 3 is 2.39 bits per heavy atom. The van der Waals surface area contributed by atoms with Gasteiger partial charge in [-0.3, -0.25) is 4.99 Å². The lowest BCUT2D eigenvalue weighted by molar-refractivity contribution is 0.191. The number of piperidine rings is 1. The van der Waals surface area contributed by atoms with Crippen molar-refractivity contribution in [1.29, 1.82) is 0 Å².